The highest BCUT2D eigenvalue weighted by molar-refractivity contribution is 7.07. The Hall–Kier alpha value is -1.94. The van der Waals surface area contributed by atoms with E-state index in [1.807, 2.05) is 31.2 Å². The van der Waals surface area contributed by atoms with Crippen molar-refractivity contribution in [2.75, 3.05) is 0 Å². The Kier molecular flexibility index (Phi) is 2.75. The Balaban J connectivity index is 2.34. The van der Waals surface area contributed by atoms with Gasteiger partial charge in [-0.15, -0.1) is 11.3 Å². The maximum atomic E-state index is 12.4. The van der Waals surface area contributed by atoms with Gasteiger partial charge in [-0.3, -0.25) is 14.2 Å². The highest BCUT2D eigenvalue weighted by atomic mass is 32.1. The molecular weight excluding hydrogens is 258 g/mol. The zero-order valence-corrected chi connectivity index (χ0v) is 11.4. The summed E-state index contributed by atoms with van der Waals surface area (Å²) in [5.41, 5.74) is 2.43. The van der Waals surface area contributed by atoms with Crippen molar-refractivity contribution >= 4 is 29.3 Å². The van der Waals surface area contributed by atoms with Crippen LogP contribution in [0.4, 0.5) is 0 Å². The minimum atomic E-state index is -0.0845. The Morgan fingerprint density at radius 1 is 1.32 bits per heavy atom. The molecule has 1 aromatic heterocycles. The molecule has 0 fully saturated rings. The van der Waals surface area contributed by atoms with Crippen LogP contribution in [0.2, 0.25) is 0 Å². The molecular formula is C15H13NO2S. The minimum Gasteiger partial charge on any atom is -0.299 e. The number of nitrogens with zero attached hydrogens (tertiary/aromatic N) is 1. The first kappa shape index (κ1) is 12.1. The predicted octanol–water partition coefficient (Wildman–Crippen LogP) is 0.930. The van der Waals surface area contributed by atoms with Crippen LogP contribution in [0.1, 0.15) is 22.8 Å². The summed E-state index contributed by atoms with van der Waals surface area (Å²) < 4.78 is 2.90. The number of carbonyl (C=O) groups is 1. The molecule has 0 amide bonds. The summed E-state index contributed by atoms with van der Waals surface area (Å²) in [5, 5.41) is 0. The van der Waals surface area contributed by atoms with Crippen LogP contribution in [0.25, 0.3) is 12.2 Å². The lowest BCUT2D eigenvalue weighted by Crippen LogP contribution is -2.31. The molecule has 0 saturated heterocycles. The lowest BCUT2D eigenvalue weighted by atomic mass is 10.1. The SMILES string of the molecule is C=c1s/c(=C2/Cc3ccccc3C2=O)n(CC)c1=O. The van der Waals surface area contributed by atoms with E-state index < -0.39 is 0 Å². The first-order valence-electron chi connectivity index (χ1n) is 6.18. The van der Waals surface area contributed by atoms with Crippen molar-refractivity contribution in [3.63, 3.8) is 0 Å². The molecule has 0 unspecified atom stereocenters. The van der Waals surface area contributed by atoms with Crippen molar-refractivity contribution in [3.05, 3.63) is 54.9 Å². The first-order valence-corrected chi connectivity index (χ1v) is 6.99. The molecule has 96 valence electrons. The summed E-state index contributed by atoms with van der Waals surface area (Å²) in [6.07, 6.45) is 0.606. The molecule has 3 rings (SSSR count). The second-order valence-corrected chi connectivity index (χ2v) is 5.61. The Morgan fingerprint density at radius 3 is 2.74 bits per heavy atom. The van der Waals surface area contributed by atoms with Crippen molar-refractivity contribution in [3.8, 4) is 0 Å². The van der Waals surface area contributed by atoms with Crippen LogP contribution < -0.4 is 14.8 Å². The molecule has 0 aliphatic heterocycles. The summed E-state index contributed by atoms with van der Waals surface area (Å²) in [4.78, 5) is 24.4. The van der Waals surface area contributed by atoms with Crippen LogP contribution in [0, 0.1) is 0 Å². The van der Waals surface area contributed by atoms with Gasteiger partial charge in [0.1, 0.15) is 4.66 Å². The smallest absolute Gasteiger partial charge is 0.268 e. The Bertz CT molecular complexity index is 842. The van der Waals surface area contributed by atoms with Crippen LogP contribution in [0.3, 0.4) is 0 Å². The molecule has 3 nitrogen and oxygen atoms in total. The van der Waals surface area contributed by atoms with E-state index in [1.54, 1.807) is 4.57 Å². The van der Waals surface area contributed by atoms with E-state index in [0.717, 1.165) is 21.4 Å². The fraction of sp³-hybridized carbons (Fsp3) is 0.200. The second-order valence-electron chi connectivity index (χ2n) is 4.52. The van der Waals surface area contributed by atoms with Crippen molar-refractivity contribution in [2.24, 2.45) is 0 Å². The van der Waals surface area contributed by atoms with Crippen LogP contribution in [0.5, 0.6) is 0 Å². The number of hydrogen-bond acceptors (Lipinski definition) is 3. The molecule has 0 N–H and O–H groups in total. The van der Waals surface area contributed by atoms with Gasteiger partial charge in [0.15, 0.2) is 5.78 Å². The van der Waals surface area contributed by atoms with Gasteiger partial charge in [-0.25, -0.2) is 0 Å². The van der Waals surface area contributed by atoms with Crippen LogP contribution >= 0.6 is 11.3 Å². The van der Waals surface area contributed by atoms with Gasteiger partial charge in [0.05, 0.1) is 4.53 Å². The molecule has 0 radical (unpaired) electrons. The van der Waals surface area contributed by atoms with E-state index in [0.29, 0.717) is 17.5 Å². The summed E-state index contributed by atoms with van der Waals surface area (Å²) in [5.74, 6) is 0.0408. The van der Waals surface area contributed by atoms with Gasteiger partial charge < -0.3 is 0 Å². The zero-order chi connectivity index (χ0) is 13.6. The summed E-state index contributed by atoms with van der Waals surface area (Å²) >= 11 is 1.32. The average molecular weight is 271 g/mol. The van der Waals surface area contributed by atoms with Gasteiger partial charge in [0.2, 0.25) is 0 Å². The highest BCUT2D eigenvalue weighted by Gasteiger charge is 2.26. The molecule has 4 heteroatoms. The van der Waals surface area contributed by atoms with E-state index in [-0.39, 0.29) is 11.3 Å². The second kappa shape index (κ2) is 4.31. The number of fused-ring (bicyclic) bond motifs is 1. The van der Waals surface area contributed by atoms with Gasteiger partial charge in [0, 0.05) is 24.1 Å². The molecule has 0 spiro atoms. The standard InChI is InChI=1S/C15H13NO2S/c1-3-16-14(18)9(2)19-15(16)12-8-10-6-4-5-7-11(10)13(12)17/h4-7H,2-3,8H2,1H3/b15-12-. The molecule has 1 aliphatic rings. The van der Waals surface area contributed by atoms with Gasteiger partial charge in [-0.2, -0.15) is 0 Å². The number of thiazole rings is 1. The van der Waals surface area contributed by atoms with E-state index in [2.05, 4.69) is 6.58 Å². The molecule has 0 atom stereocenters. The third kappa shape index (κ3) is 1.71. The molecule has 0 saturated carbocycles. The van der Waals surface area contributed by atoms with Gasteiger partial charge in [-0.05, 0) is 12.5 Å². The van der Waals surface area contributed by atoms with Gasteiger partial charge >= 0.3 is 0 Å². The van der Waals surface area contributed by atoms with Crippen LogP contribution in [-0.2, 0) is 13.0 Å². The normalized spacial score (nSPS) is 16.8. The van der Waals surface area contributed by atoms with E-state index in [1.165, 1.54) is 11.3 Å². The summed E-state index contributed by atoms with van der Waals surface area (Å²) in [6.45, 7) is 6.23. The number of rotatable bonds is 1. The number of benzene rings is 1. The van der Waals surface area contributed by atoms with Crippen LogP contribution in [-0.4, -0.2) is 10.4 Å². The van der Waals surface area contributed by atoms with Gasteiger partial charge in [0.25, 0.3) is 5.56 Å². The quantitative estimate of drug-likeness (QED) is 0.774. The van der Waals surface area contributed by atoms with Crippen LogP contribution in [0.15, 0.2) is 29.1 Å². The molecule has 1 aromatic carbocycles. The first-order chi connectivity index (χ1) is 9.13. The van der Waals surface area contributed by atoms with Crippen molar-refractivity contribution < 1.29 is 4.79 Å². The van der Waals surface area contributed by atoms with Crippen molar-refractivity contribution in [1.29, 1.82) is 0 Å². The monoisotopic (exact) mass is 271 g/mol. The van der Waals surface area contributed by atoms with E-state index >= 15 is 0 Å². The number of Topliss-reactive ketones (excluding diaryl/α,β-unsaturated/α-hetero) is 1. The molecule has 1 heterocycles. The topological polar surface area (TPSA) is 39.1 Å². The number of carbonyl (C=O) groups excluding carboxylic acids is 1. The third-order valence-electron chi connectivity index (χ3n) is 3.43. The molecule has 2 aromatic rings. The number of ketones is 1. The van der Waals surface area contributed by atoms with Crippen molar-refractivity contribution in [2.45, 2.75) is 19.9 Å². The van der Waals surface area contributed by atoms with Crippen molar-refractivity contribution in [1.82, 2.24) is 4.57 Å². The van der Waals surface area contributed by atoms with E-state index in [4.69, 9.17) is 0 Å². The highest BCUT2D eigenvalue weighted by Crippen LogP contribution is 2.25. The average Bonchev–Trinajstić information content (AvgIpc) is 2.89. The number of hydrogen-bond donors (Lipinski definition) is 0. The number of aromatic nitrogens is 1. The minimum absolute atomic E-state index is 0.0408. The lowest BCUT2D eigenvalue weighted by Gasteiger charge is -1.98. The van der Waals surface area contributed by atoms with E-state index in [9.17, 15) is 9.59 Å². The predicted molar refractivity (Wildman–Crippen MR) is 76.9 cm³/mol. The maximum absolute atomic E-state index is 12.4. The fourth-order valence-corrected chi connectivity index (χ4v) is 3.51. The molecule has 1 aliphatic carbocycles. The summed E-state index contributed by atoms with van der Waals surface area (Å²) in [7, 11) is 0. The van der Waals surface area contributed by atoms with Gasteiger partial charge in [-0.1, -0.05) is 30.8 Å². The fourth-order valence-electron chi connectivity index (χ4n) is 2.47. The zero-order valence-electron chi connectivity index (χ0n) is 10.6. The third-order valence-corrected chi connectivity index (χ3v) is 4.51. The molecule has 19 heavy (non-hydrogen) atoms. The summed E-state index contributed by atoms with van der Waals surface area (Å²) in [6, 6.07) is 7.61. The molecule has 0 bridgehead atoms. The Morgan fingerprint density at radius 2 is 2.05 bits per heavy atom. The maximum Gasteiger partial charge on any atom is 0.268 e. The largest absolute Gasteiger partial charge is 0.299 e. The lowest BCUT2D eigenvalue weighted by molar-refractivity contribution is 0.105. The Labute approximate surface area is 114 Å².